The number of aromatic nitrogens is 5. The van der Waals surface area contributed by atoms with Crippen LogP contribution < -0.4 is 11.5 Å². The van der Waals surface area contributed by atoms with Gasteiger partial charge in [0.1, 0.15) is 11.6 Å². The van der Waals surface area contributed by atoms with E-state index in [0.717, 1.165) is 5.52 Å². The largest absolute Gasteiger partial charge is 0.384 e. The molecule has 4 rings (SSSR count). The molecule has 0 radical (unpaired) electrons. The minimum atomic E-state index is -0.653. The van der Waals surface area contributed by atoms with E-state index in [1.165, 1.54) is 6.20 Å². The molecule has 0 atom stereocenters. The molecule has 0 aliphatic carbocycles. The van der Waals surface area contributed by atoms with Crippen molar-refractivity contribution in [3.63, 3.8) is 0 Å². The van der Waals surface area contributed by atoms with E-state index < -0.39 is 5.91 Å². The minimum Gasteiger partial charge on any atom is -0.384 e. The fourth-order valence-electron chi connectivity index (χ4n) is 2.83. The first kappa shape index (κ1) is 14.5. The van der Waals surface area contributed by atoms with Crippen LogP contribution in [0.2, 0.25) is 5.02 Å². The van der Waals surface area contributed by atoms with Crippen molar-refractivity contribution in [2.24, 2.45) is 5.73 Å². The number of nitrogens with two attached hydrogens (primary N) is 2. The molecular weight excluding hydrogens is 330 g/mol. The van der Waals surface area contributed by atoms with Gasteiger partial charge >= 0.3 is 0 Å². The molecule has 0 spiro atoms. The van der Waals surface area contributed by atoms with Gasteiger partial charge < -0.3 is 15.9 Å². The third kappa shape index (κ3) is 1.86. The molecule has 9 heteroatoms. The van der Waals surface area contributed by atoms with Gasteiger partial charge in [-0.2, -0.15) is 0 Å². The van der Waals surface area contributed by atoms with Gasteiger partial charge in [-0.25, -0.2) is 15.0 Å². The highest BCUT2D eigenvalue weighted by atomic mass is 35.5. The molecule has 0 aliphatic heterocycles. The van der Waals surface area contributed by atoms with E-state index in [-0.39, 0.29) is 11.4 Å². The number of anilines is 1. The lowest BCUT2D eigenvalue weighted by atomic mass is 10.2. The zero-order valence-electron chi connectivity index (χ0n) is 12.6. The van der Waals surface area contributed by atoms with E-state index in [0.29, 0.717) is 27.6 Å². The van der Waals surface area contributed by atoms with Crippen LogP contribution in [0.1, 0.15) is 16.2 Å². The summed E-state index contributed by atoms with van der Waals surface area (Å²) in [5.74, 6) is 0.0442. The first-order valence-corrected chi connectivity index (χ1v) is 7.40. The fraction of sp³-hybridized carbons (Fsp3) is 0.0667. The summed E-state index contributed by atoms with van der Waals surface area (Å²) in [5, 5.41) is 0.919. The van der Waals surface area contributed by atoms with Gasteiger partial charge in [0.05, 0.1) is 39.7 Å². The molecule has 0 saturated carbocycles. The van der Waals surface area contributed by atoms with Crippen LogP contribution in [-0.2, 0) is 0 Å². The van der Waals surface area contributed by atoms with E-state index in [1.807, 2.05) is 0 Å². The number of hydrogen-bond acceptors (Lipinski definition) is 5. The number of fused-ring (bicyclic) bond motifs is 2. The van der Waals surface area contributed by atoms with E-state index in [1.54, 1.807) is 40.7 Å². The van der Waals surface area contributed by atoms with Gasteiger partial charge in [-0.15, -0.1) is 0 Å². The van der Waals surface area contributed by atoms with Crippen molar-refractivity contribution in [1.82, 2.24) is 23.9 Å². The average Bonchev–Trinajstić information content (AvgIpc) is 3.10. The molecule has 0 aromatic carbocycles. The number of nitrogen functional groups attached to an aromatic ring is 1. The molecule has 4 heterocycles. The Morgan fingerprint density at radius 3 is 2.88 bits per heavy atom. The average molecular weight is 342 g/mol. The molecule has 24 heavy (non-hydrogen) atoms. The Morgan fingerprint density at radius 1 is 1.33 bits per heavy atom. The molecule has 8 nitrogen and oxygen atoms in total. The van der Waals surface area contributed by atoms with Gasteiger partial charge in [0.2, 0.25) is 0 Å². The maximum absolute atomic E-state index is 11.9. The van der Waals surface area contributed by atoms with Crippen LogP contribution in [0.3, 0.4) is 0 Å². The predicted octanol–water partition coefficient (Wildman–Crippen LogP) is 1.71. The van der Waals surface area contributed by atoms with Gasteiger partial charge in [-0.3, -0.25) is 9.36 Å². The number of halogens is 1. The monoisotopic (exact) mass is 341 g/mol. The van der Waals surface area contributed by atoms with Crippen LogP contribution in [0, 0.1) is 6.92 Å². The number of aryl methyl sites for hydroxylation is 1. The Morgan fingerprint density at radius 2 is 2.12 bits per heavy atom. The standard InChI is InChI=1S/C15H12ClN7O/c1-7-20-4-8-11(14(18)24)13(17)23(15(8)21-7)12-9(16)2-3-22-6-19-5-10(12)22/h2-6H,17H2,1H3,(H2,18,24). The van der Waals surface area contributed by atoms with Crippen molar-refractivity contribution in [3.05, 3.63) is 47.4 Å². The first-order valence-electron chi connectivity index (χ1n) is 7.03. The Balaban J connectivity index is 2.23. The number of carbonyl (C=O) groups is 1. The molecule has 0 bridgehead atoms. The fourth-order valence-corrected chi connectivity index (χ4v) is 3.07. The van der Waals surface area contributed by atoms with Crippen LogP contribution in [-0.4, -0.2) is 29.8 Å². The second kappa shape index (κ2) is 4.93. The Kier molecular flexibility index (Phi) is 2.97. The SMILES string of the molecule is Cc1ncc2c(C(N)=O)c(N)n(-c3c(Cl)ccn4cncc34)c2n1. The summed E-state index contributed by atoms with van der Waals surface area (Å²) in [7, 11) is 0. The third-order valence-electron chi connectivity index (χ3n) is 3.85. The number of hydrogen-bond donors (Lipinski definition) is 2. The van der Waals surface area contributed by atoms with Crippen molar-refractivity contribution >= 4 is 39.9 Å². The molecule has 1 amide bonds. The van der Waals surface area contributed by atoms with Gasteiger partial charge in [0, 0.05) is 12.4 Å². The molecule has 0 saturated heterocycles. The Labute approximate surface area is 140 Å². The Bertz CT molecular complexity index is 1130. The number of nitrogens with zero attached hydrogens (tertiary/aromatic N) is 5. The molecule has 0 aliphatic rings. The predicted molar refractivity (Wildman–Crippen MR) is 90.3 cm³/mol. The van der Waals surface area contributed by atoms with Crippen LogP contribution in [0.15, 0.2) is 31.0 Å². The van der Waals surface area contributed by atoms with Crippen molar-refractivity contribution < 1.29 is 4.79 Å². The van der Waals surface area contributed by atoms with Gasteiger partial charge in [-0.05, 0) is 13.0 Å². The maximum atomic E-state index is 11.9. The summed E-state index contributed by atoms with van der Waals surface area (Å²) in [5.41, 5.74) is 13.7. The van der Waals surface area contributed by atoms with Crippen molar-refractivity contribution in [2.75, 3.05) is 5.73 Å². The molecule has 0 unspecified atom stereocenters. The number of amides is 1. The van der Waals surface area contributed by atoms with Gasteiger partial charge in [-0.1, -0.05) is 11.6 Å². The normalized spacial score (nSPS) is 11.4. The lowest BCUT2D eigenvalue weighted by Gasteiger charge is -2.11. The van der Waals surface area contributed by atoms with Crippen LogP contribution in [0.25, 0.3) is 22.2 Å². The second-order valence-corrected chi connectivity index (χ2v) is 5.72. The smallest absolute Gasteiger partial charge is 0.253 e. The van der Waals surface area contributed by atoms with Crippen molar-refractivity contribution in [1.29, 1.82) is 0 Å². The van der Waals surface area contributed by atoms with E-state index >= 15 is 0 Å². The van der Waals surface area contributed by atoms with Crippen LogP contribution in [0.4, 0.5) is 5.82 Å². The van der Waals surface area contributed by atoms with Crippen LogP contribution in [0.5, 0.6) is 0 Å². The summed E-state index contributed by atoms with van der Waals surface area (Å²) in [6, 6.07) is 1.72. The summed E-state index contributed by atoms with van der Waals surface area (Å²) >= 11 is 6.42. The summed E-state index contributed by atoms with van der Waals surface area (Å²) in [6.45, 7) is 1.75. The van der Waals surface area contributed by atoms with Crippen molar-refractivity contribution in [3.8, 4) is 5.69 Å². The van der Waals surface area contributed by atoms with Gasteiger partial charge in [0.15, 0.2) is 5.65 Å². The van der Waals surface area contributed by atoms with Gasteiger partial charge in [0.25, 0.3) is 5.91 Å². The molecule has 4 aromatic heterocycles. The highest BCUT2D eigenvalue weighted by molar-refractivity contribution is 6.33. The quantitative estimate of drug-likeness (QED) is 0.575. The zero-order chi connectivity index (χ0) is 17.0. The molecule has 4 aromatic rings. The van der Waals surface area contributed by atoms with Crippen molar-refractivity contribution in [2.45, 2.75) is 6.92 Å². The Hall–Kier alpha value is -3.13. The summed E-state index contributed by atoms with van der Waals surface area (Å²) < 4.78 is 3.41. The third-order valence-corrected chi connectivity index (χ3v) is 4.16. The summed E-state index contributed by atoms with van der Waals surface area (Å²) in [4.78, 5) is 24.6. The molecule has 120 valence electrons. The zero-order valence-corrected chi connectivity index (χ0v) is 13.3. The first-order chi connectivity index (χ1) is 11.5. The minimum absolute atomic E-state index is 0.161. The number of carbonyl (C=O) groups excluding carboxylic acids is 1. The molecule has 0 fully saturated rings. The number of imidazole rings is 1. The second-order valence-electron chi connectivity index (χ2n) is 5.31. The van der Waals surface area contributed by atoms with E-state index in [2.05, 4.69) is 15.0 Å². The number of pyridine rings is 1. The summed E-state index contributed by atoms with van der Waals surface area (Å²) in [6.07, 6.45) is 6.62. The topological polar surface area (TPSA) is 117 Å². The molecule has 4 N–H and O–H groups in total. The number of rotatable bonds is 2. The van der Waals surface area contributed by atoms with Crippen LogP contribution >= 0.6 is 11.6 Å². The van der Waals surface area contributed by atoms with E-state index in [9.17, 15) is 4.79 Å². The molecular formula is C15H12ClN7O. The lowest BCUT2D eigenvalue weighted by Crippen LogP contribution is -2.14. The highest BCUT2D eigenvalue weighted by Gasteiger charge is 2.24. The maximum Gasteiger partial charge on any atom is 0.253 e. The van der Waals surface area contributed by atoms with E-state index in [4.69, 9.17) is 23.1 Å². The lowest BCUT2D eigenvalue weighted by molar-refractivity contribution is 0.100. The highest BCUT2D eigenvalue weighted by Crippen LogP contribution is 2.34. The number of primary amides is 1.